The van der Waals surface area contributed by atoms with Crippen molar-refractivity contribution < 1.29 is 48.5 Å². The van der Waals surface area contributed by atoms with Crippen LogP contribution in [-0.4, -0.2) is 191 Å². The summed E-state index contributed by atoms with van der Waals surface area (Å²) in [4.78, 5) is 35.5. The van der Waals surface area contributed by atoms with Gasteiger partial charge in [-0.1, -0.05) is 12.1 Å². The van der Waals surface area contributed by atoms with Gasteiger partial charge in [0.05, 0.1) is 31.2 Å². The van der Waals surface area contributed by atoms with Crippen LogP contribution in [0.3, 0.4) is 0 Å². The highest BCUT2D eigenvalue weighted by molar-refractivity contribution is 7.81. The Labute approximate surface area is 354 Å². The van der Waals surface area contributed by atoms with Crippen molar-refractivity contribution in [2.75, 3.05) is 150 Å². The molecule has 0 aromatic heterocycles. The standard InChI is InChI=1S/2C15H22N4O2.C4H8O.C2H6O4S.CH4O4S/c2*1-16-6-8-17(9-7-16)10-11-18-5-4-13-2-3-14(19(20)21)12-15(13)18;1-2-4-5-3-1;1-5-7(3,4)6-2;1-5-6(2,3)4/h2*2-3,12H,4-11H2,1H3;1-4H2;1-2H3;1H3,(H,2,3,4)/p-1. The van der Waals surface area contributed by atoms with Crippen LogP contribution >= 0.6 is 0 Å². The number of likely N-dealkylation sites (N-methyl/N-ethyl adjacent to an activating group) is 2. The molecule has 0 bridgehead atoms. The first-order chi connectivity index (χ1) is 28.4. The minimum absolute atomic E-state index is 0.195. The molecule has 5 heterocycles. The Morgan fingerprint density at radius 2 is 0.967 bits per heavy atom. The number of nitro groups is 2. The number of nitro benzene ring substituents is 2. The first-order valence-corrected chi connectivity index (χ1v) is 22.4. The van der Waals surface area contributed by atoms with Crippen molar-refractivity contribution in [3.05, 3.63) is 67.8 Å². The molecule has 7 rings (SSSR count). The van der Waals surface area contributed by atoms with E-state index in [2.05, 4.69) is 56.0 Å². The van der Waals surface area contributed by atoms with Gasteiger partial charge in [-0.05, 0) is 50.9 Å². The van der Waals surface area contributed by atoms with Crippen molar-refractivity contribution in [1.29, 1.82) is 0 Å². The minimum atomic E-state index is -4.41. The van der Waals surface area contributed by atoms with E-state index in [-0.39, 0.29) is 21.2 Å². The number of hydrogen-bond acceptors (Lipinski definition) is 19. The van der Waals surface area contributed by atoms with Gasteiger partial charge in [0.2, 0.25) is 10.4 Å². The summed E-state index contributed by atoms with van der Waals surface area (Å²) in [6.45, 7) is 16.9. The second-order valence-corrected chi connectivity index (χ2v) is 17.2. The van der Waals surface area contributed by atoms with E-state index in [0.29, 0.717) is 0 Å². The summed E-state index contributed by atoms with van der Waals surface area (Å²) in [5.74, 6) is 0. The number of anilines is 2. The maximum atomic E-state index is 10.9. The summed E-state index contributed by atoms with van der Waals surface area (Å²) in [7, 11) is -0.889. The van der Waals surface area contributed by atoms with Crippen molar-refractivity contribution in [3.63, 3.8) is 0 Å². The van der Waals surface area contributed by atoms with E-state index < -0.39 is 20.8 Å². The second kappa shape index (κ2) is 25.3. The molecule has 0 aliphatic carbocycles. The number of benzene rings is 2. The highest BCUT2D eigenvalue weighted by Gasteiger charge is 2.24. The molecule has 0 N–H and O–H groups in total. The van der Waals surface area contributed by atoms with Gasteiger partial charge < -0.3 is 28.9 Å². The Hall–Kier alpha value is -3.62. The molecule has 5 aliphatic rings. The van der Waals surface area contributed by atoms with Crippen LogP contribution in [0.4, 0.5) is 22.7 Å². The summed E-state index contributed by atoms with van der Waals surface area (Å²) in [6, 6.07) is 10.5. The van der Waals surface area contributed by atoms with Crippen molar-refractivity contribution >= 4 is 43.5 Å². The predicted molar refractivity (Wildman–Crippen MR) is 226 cm³/mol. The third kappa shape index (κ3) is 18.2. The van der Waals surface area contributed by atoms with Crippen molar-refractivity contribution in [1.82, 2.24) is 19.6 Å². The van der Waals surface area contributed by atoms with Gasteiger partial charge in [0.25, 0.3) is 11.4 Å². The molecule has 2 aromatic rings. The fourth-order valence-corrected chi connectivity index (χ4v) is 6.94. The lowest BCUT2D eigenvalue weighted by Crippen LogP contribution is -2.46. The molecular weight excluding hydrogens is 829 g/mol. The molecule has 0 amide bonds. The minimum Gasteiger partial charge on any atom is -0.726 e. The van der Waals surface area contributed by atoms with E-state index in [1.54, 1.807) is 24.3 Å². The molecule has 2 aromatic carbocycles. The lowest BCUT2D eigenvalue weighted by molar-refractivity contribution is -0.385. The van der Waals surface area contributed by atoms with Crippen LogP contribution in [0.1, 0.15) is 24.0 Å². The Morgan fingerprint density at radius 3 is 1.23 bits per heavy atom. The van der Waals surface area contributed by atoms with Crippen molar-refractivity contribution in [2.45, 2.75) is 25.7 Å². The number of nitrogens with zero attached hydrogens (tertiary/aromatic N) is 8. The van der Waals surface area contributed by atoms with Crippen molar-refractivity contribution in [3.8, 4) is 0 Å². The van der Waals surface area contributed by atoms with E-state index in [1.165, 1.54) is 24.0 Å². The van der Waals surface area contributed by atoms with Gasteiger partial charge in [-0.3, -0.25) is 42.6 Å². The molecule has 0 atom stereocenters. The van der Waals surface area contributed by atoms with Gasteiger partial charge in [0.1, 0.15) is 0 Å². The zero-order valence-electron chi connectivity index (χ0n) is 35.3. The Morgan fingerprint density at radius 1 is 0.600 bits per heavy atom. The van der Waals surface area contributed by atoms with E-state index in [0.717, 1.165) is 150 Å². The third-order valence-electron chi connectivity index (χ3n) is 10.5. The molecule has 0 saturated carbocycles. The monoisotopic (exact) mass is 889 g/mol. The Balaban J connectivity index is 0.000000229. The number of hydrogen-bond donors (Lipinski definition) is 0. The smallest absolute Gasteiger partial charge is 0.399 e. The molecule has 21 nitrogen and oxygen atoms in total. The van der Waals surface area contributed by atoms with Crippen LogP contribution < -0.4 is 9.80 Å². The van der Waals surface area contributed by atoms with Crippen LogP contribution in [0.5, 0.6) is 0 Å². The molecule has 23 heteroatoms. The van der Waals surface area contributed by atoms with Crippen molar-refractivity contribution in [2.24, 2.45) is 0 Å². The molecule has 5 aliphatic heterocycles. The summed E-state index contributed by atoms with van der Waals surface area (Å²) in [5, 5.41) is 21.8. The van der Waals surface area contributed by atoms with Crippen LogP contribution in [0, 0.1) is 20.2 Å². The third-order valence-corrected chi connectivity index (χ3v) is 11.8. The maximum absolute atomic E-state index is 10.9. The van der Waals surface area contributed by atoms with Crippen LogP contribution in [0.2, 0.25) is 0 Å². The largest absolute Gasteiger partial charge is 0.726 e. The van der Waals surface area contributed by atoms with E-state index >= 15 is 0 Å². The number of piperazine rings is 2. The fourth-order valence-electron chi connectivity index (χ4n) is 6.80. The first-order valence-electron chi connectivity index (χ1n) is 19.8. The summed E-state index contributed by atoms with van der Waals surface area (Å²) in [6.07, 6.45) is 4.55. The van der Waals surface area contributed by atoms with Gasteiger partial charge >= 0.3 is 10.4 Å². The van der Waals surface area contributed by atoms with E-state index in [4.69, 9.17) is 4.74 Å². The molecule has 60 heavy (non-hydrogen) atoms. The predicted octanol–water partition coefficient (Wildman–Crippen LogP) is 1.82. The van der Waals surface area contributed by atoms with Gasteiger partial charge in [-0.15, -0.1) is 0 Å². The maximum Gasteiger partial charge on any atom is 0.399 e. The Bertz CT molecular complexity index is 1740. The number of rotatable bonds is 11. The highest BCUT2D eigenvalue weighted by Crippen LogP contribution is 2.32. The summed E-state index contributed by atoms with van der Waals surface area (Å²) < 4.78 is 63.5. The summed E-state index contributed by atoms with van der Waals surface area (Å²) >= 11 is 0. The lowest BCUT2D eigenvalue weighted by atomic mass is 10.1. The zero-order valence-corrected chi connectivity index (χ0v) is 36.9. The summed E-state index contributed by atoms with van der Waals surface area (Å²) in [5.41, 5.74) is 4.97. The second-order valence-electron chi connectivity index (χ2n) is 14.5. The molecule has 3 saturated heterocycles. The molecule has 0 spiro atoms. The molecule has 3 fully saturated rings. The number of non-ortho nitro benzene ring substituents is 2. The quantitative estimate of drug-likeness (QED) is 0.135. The van der Waals surface area contributed by atoms with E-state index in [1.807, 2.05) is 12.1 Å². The Kier molecular flexibility index (Phi) is 21.4. The lowest BCUT2D eigenvalue weighted by Gasteiger charge is -2.33. The molecule has 0 radical (unpaired) electrons. The first kappa shape index (κ1) is 50.7. The average Bonchev–Trinajstić information content (AvgIpc) is 4.04. The van der Waals surface area contributed by atoms with E-state index in [9.17, 15) is 41.6 Å². The number of fused-ring (bicyclic) bond motifs is 2. The van der Waals surface area contributed by atoms with Crippen LogP contribution in [0.15, 0.2) is 36.4 Å². The fraction of sp³-hybridized carbons (Fsp3) is 0.676. The molecule has 0 unspecified atom stereocenters. The highest BCUT2D eigenvalue weighted by atomic mass is 32.3. The SMILES string of the molecule is C1CCOC1.CN1CCN(CCN2CCc3ccc([N+](=O)[O-])cc32)CC1.CN1CCN(CCN2CCc3ccc([N+](=O)[O-])cc32)CC1.COS(=O)(=O)OC.COS(=O)(=O)[O-]. The van der Waals surface area contributed by atoms with Gasteiger partial charge in [0, 0.05) is 140 Å². The number of ether oxygens (including phenoxy) is 1. The molecule has 340 valence electrons. The van der Waals surface area contributed by atoms with Crippen LogP contribution in [0.25, 0.3) is 0 Å². The van der Waals surface area contributed by atoms with Gasteiger partial charge in [-0.25, -0.2) is 8.42 Å². The van der Waals surface area contributed by atoms with Crippen LogP contribution in [-0.2, 0) is 50.9 Å². The zero-order chi connectivity index (χ0) is 44.3. The average molecular weight is 890 g/mol. The van der Waals surface area contributed by atoms with Gasteiger partial charge in [0.15, 0.2) is 0 Å². The van der Waals surface area contributed by atoms with Gasteiger partial charge in [-0.2, -0.15) is 8.42 Å². The molecular formula is C37H61N8O13S2-. The topological polar surface area (TPSA) is 234 Å². The normalized spacial score (nSPS) is 18.4.